The first-order valence-corrected chi connectivity index (χ1v) is 19.1. The molecule has 1 unspecified atom stereocenters. The molecule has 1 N–H and O–H groups in total. The summed E-state index contributed by atoms with van der Waals surface area (Å²) in [4.78, 5) is 0.931. The van der Waals surface area contributed by atoms with Crippen molar-refractivity contribution >= 4 is 21.4 Å². The molecular weight excluding hydrogens is 685 g/mol. The largest absolute Gasteiger partial charge is 0.392 e. The summed E-state index contributed by atoms with van der Waals surface area (Å²) < 4.78 is 42.7. The van der Waals surface area contributed by atoms with Crippen molar-refractivity contribution in [3.05, 3.63) is 178 Å². The molecule has 1 saturated heterocycles. The molecule has 0 amide bonds. The van der Waals surface area contributed by atoms with Crippen LogP contribution in [0.3, 0.4) is 0 Å². The van der Waals surface area contributed by atoms with Gasteiger partial charge in [0, 0.05) is 4.70 Å². The highest BCUT2D eigenvalue weighted by Crippen LogP contribution is 2.52. The number of hydrogen-bond acceptors (Lipinski definition) is 8. The second-order valence-corrected chi connectivity index (χ2v) is 14.5. The molecule has 0 saturated carbocycles. The van der Waals surface area contributed by atoms with Gasteiger partial charge in [0.25, 0.3) is 0 Å². The molecule has 0 aliphatic carbocycles. The van der Waals surface area contributed by atoms with Crippen LogP contribution in [0, 0.1) is 0 Å². The van der Waals surface area contributed by atoms with Crippen LogP contribution in [0.4, 0.5) is 0 Å². The second kappa shape index (κ2) is 16.8. The van der Waals surface area contributed by atoms with Crippen LogP contribution in [0.2, 0.25) is 0 Å². The highest BCUT2D eigenvalue weighted by Gasteiger charge is 2.61. The van der Waals surface area contributed by atoms with Gasteiger partial charge in [0.15, 0.2) is 0 Å². The molecule has 1 spiro atoms. The second-order valence-electron chi connectivity index (χ2n) is 13.5. The Morgan fingerprint density at radius 2 is 1.17 bits per heavy atom. The van der Waals surface area contributed by atoms with Crippen molar-refractivity contribution < 1.29 is 33.5 Å². The van der Waals surface area contributed by atoms with Gasteiger partial charge in [-0.1, -0.05) is 140 Å². The third kappa shape index (κ3) is 7.87. The molecule has 0 bridgehead atoms. The maximum Gasteiger partial charge on any atom is 0.235 e. The van der Waals surface area contributed by atoms with Crippen LogP contribution >= 0.6 is 11.3 Å². The van der Waals surface area contributed by atoms with E-state index in [1.54, 1.807) is 11.3 Å². The van der Waals surface area contributed by atoms with Crippen molar-refractivity contribution in [1.29, 1.82) is 0 Å². The molecule has 6 aromatic rings. The Kier molecular flexibility index (Phi) is 11.4. The lowest BCUT2D eigenvalue weighted by Crippen LogP contribution is -2.67. The van der Waals surface area contributed by atoms with E-state index in [9.17, 15) is 5.11 Å². The zero-order valence-corrected chi connectivity index (χ0v) is 30.4. The Bertz CT molecular complexity index is 2040. The van der Waals surface area contributed by atoms with E-state index in [0.717, 1.165) is 48.3 Å². The van der Waals surface area contributed by atoms with Crippen molar-refractivity contribution in [1.82, 2.24) is 0 Å². The number of fused-ring (bicyclic) bond motifs is 4. The van der Waals surface area contributed by atoms with E-state index in [4.69, 9.17) is 28.4 Å². The fourth-order valence-corrected chi connectivity index (χ4v) is 8.86. The van der Waals surface area contributed by atoms with E-state index in [1.807, 2.05) is 84.9 Å². The predicted octanol–water partition coefficient (Wildman–Crippen LogP) is 8.49. The molecule has 5 aromatic carbocycles. The van der Waals surface area contributed by atoms with Gasteiger partial charge in [-0.25, -0.2) is 0 Å². The van der Waals surface area contributed by atoms with Crippen LogP contribution in [0.25, 0.3) is 10.1 Å². The Balaban J connectivity index is 1.24. The molecule has 7 nitrogen and oxygen atoms in total. The van der Waals surface area contributed by atoms with Crippen molar-refractivity contribution in [2.45, 2.75) is 69.7 Å². The van der Waals surface area contributed by atoms with E-state index in [1.165, 1.54) is 0 Å². The summed E-state index contributed by atoms with van der Waals surface area (Å²) in [7, 11) is 0. The van der Waals surface area contributed by atoms with Gasteiger partial charge in [0.05, 0.1) is 51.1 Å². The number of aliphatic hydroxyl groups excluding tert-OH is 1. The van der Waals surface area contributed by atoms with Crippen LogP contribution in [-0.4, -0.2) is 42.7 Å². The van der Waals surface area contributed by atoms with Crippen molar-refractivity contribution in [2.75, 3.05) is 13.2 Å². The Morgan fingerprint density at radius 1 is 0.623 bits per heavy atom. The molecule has 2 aliphatic rings. The monoisotopic (exact) mass is 728 g/mol. The van der Waals surface area contributed by atoms with Gasteiger partial charge in [-0.15, -0.1) is 11.3 Å². The van der Waals surface area contributed by atoms with Gasteiger partial charge < -0.3 is 33.5 Å². The fourth-order valence-electron chi connectivity index (χ4n) is 7.39. The van der Waals surface area contributed by atoms with Crippen LogP contribution in [0.1, 0.15) is 38.3 Å². The minimum Gasteiger partial charge on any atom is -0.392 e. The summed E-state index contributed by atoms with van der Waals surface area (Å²) in [6.45, 7) is 2.01. The Labute approximate surface area is 314 Å². The zero-order chi connectivity index (χ0) is 35.9. The average molecular weight is 729 g/mol. The standard InChI is InChI=1S/C45H44O7S/c46-26-36-22-13-23-37-38-24-25-51-45(44(38)53-42(36)37)43(50-30-35-20-11-4-12-21-35)41(49-29-34-18-9-3-10-19-34)40(48-28-33-16-7-2-8-17-33)39(52-45)31-47-27-32-14-5-1-6-15-32/h1-23,39-41,43,46H,24-31H2/t39-,40-,41+,43-,45?/m1/s1. The van der Waals surface area contributed by atoms with Crippen molar-refractivity contribution in [2.24, 2.45) is 0 Å². The summed E-state index contributed by atoms with van der Waals surface area (Å²) in [5.74, 6) is -1.34. The van der Waals surface area contributed by atoms with E-state index >= 15 is 0 Å². The fraction of sp³-hybridized carbons (Fsp3) is 0.289. The predicted molar refractivity (Wildman–Crippen MR) is 205 cm³/mol. The lowest BCUT2D eigenvalue weighted by Gasteiger charge is -2.53. The quantitative estimate of drug-likeness (QED) is 0.121. The minimum absolute atomic E-state index is 0.0620. The van der Waals surface area contributed by atoms with Gasteiger partial charge in [0.2, 0.25) is 5.79 Å². The molecule has 8 heteroatoms. The molecular formula is C45H44O7S. The van der Waals surface area contributed by atoms with E-state index in [0.29, 0.717) is 39.5 Å². The molecule has 272 valence electrons. The van der Waals surface area contributed by atoms with E-state index in [-0.39, 0.29) is 13.2 Å². The van der Waals surface area contributed by atoms with Crippen LogP contribution in [-0.2, 0) is 73.7 Å². The summed E-state index contributed by atoms with van der Waals surface area (Å²) in [5.41, 5.74) is 6.19. The third-order valence-corrected chi connectivity index (χ3v) is 11.4. The zero-order valence-electron chi connectivity index (χ0n) is 29.6. The maximum atomic E-state index is 10.4. The molecule has 1 aromatic heterocycles. The van der Waals surface area contributed by atoms with Gasteiger partial charge >= 0.3 is 0 Å². The Morgan fingerprint density at radius 3 is 1.75 bits per heavy atom. The average Bonchev–Trinajstić information content (AvgIpc) is 3.61. The molecule has 2 aliphatic heterocycles. The first-order chi connectivity index (χ1) is 26.2. The number of hydrogen-bond donors (Lipinski definition) is 1. The number of aliphatic hydroxyl groups is 1. The SMILES string of the molecule is OCc1cccc2c3c(sc12)C1(OCC3)O[C@H](COCc2ccccc2)[C@@H](OCc2ccccc2)[C@H](OCc2ccccc2)[C@H]1OCc1ccccc1. The van der Waals surface area contributed by atoms with Gasteiger partial charge in [-0.05, 0) is 45.2 Å². The maximum absolute atomic E-state index is 10.4. The first kappa shape index (κ1) is 35.8. The lowest BCUT2D eigenvalue weighted by molar-refractivity contribution is -0.393. The summed E-state index contributed by atoms with van der Waals surface area (Å²) in [5, 5.41) is 11.5. The highest BCUT2D eigenvalue weighted by atomic mass is 32.1. The molecule has 0 radical (unpaired) electrons. The molecule has 1 fully saturated rings. The van der Waals surface area contributed by atoms with Crippen molar-refractivity contribution in [3.63, 3.8) is 0 Å². The Hall–Kier alpha value is -4.22. The molecule has 3 heterocycles. The van der Waals surface area contributed by atoms with Crippen LogP contribution in [0.5, 0.6) is 0 Å². The topological polar surface area (TPSA) is 75.6 Å². The highest BCUT2D eigenvalue weighted by molar-refractivity contribution is 7.19. The van der Waals surface area contributed by atoms with Crippen LogP contribution in [0.15, 0.2) is 140 Å². The van der Waals surface area contributed by atoms with E-state index < -0.39 is 30.2 Å². The summed E-state index contributed by atoms with van der Waals surface area (Å²) in [6, 6.07) is 46.7. The van der Waals surface area contributed by atoms with Crippen molar-refractivity contribution in [3.8, 4) is 0 Å². The first-order valence-electron chi connectivity index (χ1n) is 18.3. The minimum atomic E-state index is -1.34. The van der Waals surface area contributed by atoms with E-state index in [2.05, 4.69) is 54.6 Å². The number of thiophene rings is 1. The smallest absolute Gasteiger partial charge is 0.235 e. The lowest BCUT2D eigenvalue weighted by atomic mass is 9.87. The number of rotatable bonds is 14. The third-order valence-electron chi connectivity index (χ3n) is 9.98. The summed E-state index contributed by atoms with van der Waals surface area (Å²) in [6.07, 6.45) is -1.83. The molecule has 53 heavy (non-hydrogen) atoms. The van der Waals surface area contributed by atoms with Crippen LogP contribution < -0.4 is 0 Å². The summed E-state index contributed by atoms with van der Waals surface area (Å²) >= 11 is 1.61. The number of benzene rings is 5. The normalized spacial score (nSPS) is 22.6. The molecule has 5 atom stereocenters. The van der Waals surface area contributed by atoms with Gasteiger partial charge in [-0.3, -0.25) is 0 Å². The van der Waals surface area contributed by atoms with Gasteiger partial charge in [0.1, 0.15) is 24.4 Å². The molecule has 8 rings (SSSR count). The number of ether oxygens (including phenoxy) is 6. The van der Waals surface area contributed by atoms with Gasteiger partial charge in [-0.2, -0.15) is 0 Å².